The second-order valence-corrected chi connectivity index (χ2v) is 4.62. The second kappa shape index (κ2) is 5.47. The minimum absolute atomic E-state index is 0.612. The van der Waals surface area contributed by atoms with Crippen LogP contribution in [0.3, 0.4) is 0 Å². The van der Waals surface area contributed by atoms with Crippen molar-refractivity contribution in [1.29, 1.82) is 0 Å². The Hall–Kier alpha value is 0.690. The van der Waals surface area contributed by atoms with E-state index in [2.05, 4.69) is 48.7 Å². The Morgan fingerprint density at radius 1 is 1.33 bits per heavy atom. The number of nitrogens with one attached hydrogen (secondary N) is 1. The lowest BCUT2D eigenvalue weighted by Crippen LogP contribution is -2.21. The average molecular weight is 241 g/mol. The summed E-state index contributed by atoms with van der Waals surface area (Å²) in [6, 6.07) is 0. The van der Waals surface area contributed by atoms with Crippen LogP contribution in [0.1, 0.15) is 27.2 Å². The van der Waals surface area contributed by atoms with Gasteiger partial charge in [0.25, 0.3) is 0 Å². The molecule has 0 rings (SSSR count). The number of hydrogen-bond donors (Lipinski definition) is 1. The first-order valence-electron chi connectivity index (χ1n) is 3.50. The Balaban J connectivity index is 2.91. The molecule has 1 N–H and O–H groups in total. The van der Waals surface area contributed by atoms with Crippen LogP contribution in [0.25, 0.3) is 0 Å². The molecule has 0 heterocycles. The van der Waals surface area contributed by atoms with Crippen LogP contribution in [-0.4, -0.2) is 10.6 Å². The first-order valence-corrected chi connectivity index (χ1v) is 4.75. The number of halogens is 1. The van der Waals surface area contributed by atoms with Gasteiger partial charge in [-0.2, -0.15) is 0 Å². The third kappa shape index (κ3) is 8.69. The van der Waals surface area contributed by atoms with E-state index >= 15 is 0 Å². The van der Waals surface area contributed by atoms with E-state index < -0.39 is 0 Å². The van der Waals surface area contributed by atoms with Gasteiger partial charge in [0, 0.05) is 0 Å². The minimum atomic E-state index is 0.612. The lowest BCUT2D eigenvalue weighted by atomic mass is 10.1. The molecule has 1 unspecified atom stereocenters. The van der Waals surface area contributed by atoms with Crippen LogP contribution in [0.5, 0.6) is 0 Å². The molecule has 0 aromatic carbocycles. The van der Waals surface area contributed by atoms with Crippen molar-refractivity contribution >= 4 is 22.6 Å². The number of hydrogen-bond acceptors (Lipinski definition) is 1. The summed E-state index contributed by atoms with van der Waals surface area (Å²) >= 11 is 2.38. The van der Waals surface area contributed by atoms with Crippen LogP contribution in [0.4, 0.5) is 0 Å². The van der Waals surface area contributed by atoms with Crippen molar-refractivity contribution in [2.45, 2.75) is 31.2 Å². The van der Waals surface area contributed by atoms with E-state index in [-0.39, 0.29) is 0 Å². The van der Waals surface area contributed by atoms with Crippen molar-refractivity contribution < 1.29 is 0 Å². The molecule has 0 amide bonds. The summed E-state index contributed by atoms with van der Waals surface area (Å²) in [5.74, 6) is 0.827. The molecule has 0 saturated heterocycles. The van der Waals surface area contributed by atoms with Crippen LogP contribution in [0.15, 0.2) is 0 Å². The van der Waals surface area contributed by atoms with Gasteiger partial charge in [-0.25, -0.2) is 0 Å². The fourth-order valence-corrected chi connectivity index (χ4v) is 0.882. The van der Waals surface area contributed by atoms with Crippen molar-refractivity contribution in [1.82, 2.24) is 5.32 Å². The van der Waals surface area contributed by atoms with Gasteiger partial charge in [-0.15, -0.1) is 0 Å². The zero-order valence-corrected chi connectivity index (χ0v) is 8.60. The fourth-order valence-electron chi connectivity index (χ4n) is 0.571. The Labute approximate surface area is 71.7 Å². The quantitative estimate of drug-likeness (QED) is 0.452. The molecule has 56 valence electrons. The zero-order valence-electron chi connectivity index (χ0n) is 6.45. The molecule has 0 aliphatic rings. The van der Waals surface area contributed by atoms with E-state index in [1.54, 1.807) is 0 Å². The van der Waals surface area contributed by atoms with Crippen LogP contribution >= 0.6 is 22.6 Å². The van der Waals surface area contributed by atoms with Gasteiger partial charge in [-0.1, -0.05) is 36.4 Å². The largest absolute Gasteiger partial charge is 0.306 e. The molecule has 0 aliphatic carbocycles. The maximum atomic E-state index is 3.36. The normalized spacial score (nSPS) is 14.3. The Morgan fingerprint density at radius 3 is 2.22 bits per heavy atom. The highest BCUT2D eigenvalue weighted by Crippen LogP contribution is 1.98. The highest BCUT2D eigenvalue weighted by Gasteiger charge is 1.94. The Bertz CT molecular complexity index is 53.9. The lowest BCUT2D eigenvalue weighted by Gasteiger charge is -2.07. The summed E-state index contributed by atoms with van der Waals surface area (Å²) in [4.78, 5) is 0. The molecule has 1 atom stereocenters. The molecule has 0 radical (unpaired) electrons. The first kappa shape index (κ1) is 9.69. The van der Waals surface area contributed by atoms with Gasteiger partial charge >= 0.3 is 0 Å². The highest BCUT2D eigenvalue weighted by molar-refractivity contribution is 14.1. The van der Waals surface area contributed by atoms with Crippen LogP contribution in [0, 0.1) is 5.92 Å². The molecule has 0 aliphatic heterocycles. The van der Waals surface area contributed by atoms with E-state index in [0.717, 1.165) is 12.5 Å². The van der Waals surface area contributed by atoms with Gasteiger partial charge in [0.1, 0.15) is 0 Å². The number of alkyl halides is 1. The zero-order chi connectivity index (χ0) is 7.28. The number of rotatable bonds is 4. The summed E-state index contributed by atoms with van der Waals surface area (Å²) in [6.07, 6.45) is 1.29. The van der Waals surface area contributed by atoms with Gasteiger partial charge in [-0.05, 0) is 25.8 Å². The third-order valence-electron chi connectivity index (χ3n) is 1.15. The van der Waals surface area contributed by atoms with Gasteiger partial charge in [0.15, 0.2) is 0 Å². The minimum Gasteiger partial charge on any atom is -0.306 e. The molecule has 0 aromatic heterocycles. The third-order valence-corrected chi connectivity index (χ3v) is 1.59. The van der Waals surface area contributed by atoms with Gasteiger partial charge in [0.2, 0.25) is 0 Å². The smallest absolute Gasteiger partial charge is 0.0564 e. The second-order valence-electron chi connectivity index (χ2n) is 2.75. The van der Waals surface area contributed by atoms with E-state index in [0.29, 0.717) is 4.05 Å². The van der Waals surface area contributed by atoms with Crippen LogP contribution in [0.2, 0.25) is 0 Å². The summed E-state index contributed by atoms with van der Waals surface area (Å²) in [7, 11) is 0. The van der Waals surface area contributed by atoms with Crippen molar-refractivity contribution in [2.24, 2.45) is 5.92 Å². The summed E-state index contributed by atoms with van der Waals surface area (Å²) in [6.45, 7) is 7.82. The van der Waals surface area contributed by atoms with Gasteiger partial charge < -0.3 is 5.32 Å². The van der Waals surface area contributed by atoms with E-state index in [1.165, 1.54) is 6.42 Å². The van der Waals surface area contributed by atoms with Crippen molar-refractivity contribution in [3.63, 3.8) is 0 Å². The molecule has 0 bridgehead atoms. The van der Waals surface area contributed by atoms with E-state index in [4.69, 9.17) is 0 Å². The molecule has 0 saturated carbocycles. The van der Waals surface area contributed by atoms with Crippen molar-refractivity contribution in [2.75, 3.05) is 6.54 Å². The van der Waals surface area contributed by atoms with Crippen molar-refractivity contribution in [3.8, 4) is 0 Å². The monoisotopic (exact) mass is 241 g/mol. The Morgan fingerprint density at radius 2 is 1.89 bits per heavy atom. The van der Waals surface area contributed by atoms with E-state index in [9.17, 15) is 0 Å². The summed E-state index contributed by atoms with van der Waals surface area (Å²) < 4.78 is 0.612. The van der Waals surface area contributed by atoms with Gasteiger partial charge in [-0.3, -0.25) is 0 Å². The molecule has 1 nitrogen and oxygen atoms in total. The SMILES string of the molecule is CC(C)CCNC(C)I. The molecule has 2 heteroatoms. The standard InChI is InChI=1S/C7H16IN/c1-6(2)4-5-9-7(3)8/h6-7,9H,4-5H2,1-3H3. The fraction of sp³-hybridized carbons (Fsp3) is 1.00. The summed E-state index contributed by atoms with van der Waals surface area (Å²) in [5.41, 5.74) is 0. The maximum absolute atomic E-state index is 3.36. The highest BCUT2D eigenvalue weighted by atomic mass is 127. The summed E-state index contributed by atoms with van der Waals surface area (Å²) in [5, 5.41) is 3.36. The lowest BCUT2D eigenvalue weighted by molar-refractivity contribution is 0.541. The topological polar surface area (TPSA) is 12.0 Å². The predicted octanol–water partition coefficient (Wildman–Crippen LogP) is 2.40. The van der Waals surface area contributed by atoms with Crippen LogP contribution in [-0.2, 0) is 0 Å². The molecule has 0 aromatic rings. The van der Waals surface area contributed by atoms with Gasteiger partial charge in [0.05, 0.1) is 4.05 Å². The molecular weight excluding hydrogens is 225 g/mol. The Kier molecular flexibility index (Phi) is 5.89. The van der Waals surface area contributed by atoms with Crippen LogP contribution < -0.4 is 5.32 Å². The molecule has 9 heavy (non-hydrogen) atoms. The molecule has 0 spiro atoms. The maximum Gasteiger partial charge on any atom is 0.0564 e. The predicted molar refractivity (Wildman–Crippen MR) is 50.9 cm³/mol. The average Bonchev–Trinajstić information content (AvgIpc) is 1.63. The van der Waals surface area contributed by atoms with E-state index in [1.807, 2.05) is 0 Å². The van der Waals surface area contributed by atoms with Crippen molar-refractivity contribution in [3.05, 3.63) is 0 Å². The molecular formula is C7H16IN. The molecule has 0 fully saturated rings. The first-order chi connectivity index (χ1) is 4.13.